The molecule has 0 aromatic heterocycles. The van der Waals surface area contributed by atoms with Crippen molar-refractivity contribution < 1.29 is 9.53 Å². The van der Waals surface area contributed by atoms with Gasteiger partial charge in [-0.3, -0.25) is 9.69 Å². The molecule has 1 aromatic rings. The maximum Gasteiger partial charge on any atom is 0.257 e. The molecular weight excluding hydrogens is 254 g/mol. The number of carbonyl (C=O) groups is 1. The normalized spacial score (nSPS) is 20.6. The molecule has 0 unspecified atom stereocenters. The largest absolute Gasteiger partial charge is 0.496 e. The summed E-state index contributed by atoms with van der Waals surface area (Å²) in [6, 6.07) is 8.11. The standard InChI is InChI=1S/C15H21N3O2/c1-20-14-5-3-2-4-13(14)15(19)18-8-6-17(7-9-18)12-10-16-11-12/h2-5,12,16H,6-11H2,1H3. The first kappa shape index (κ1) is 13.4. The first-order chi connectivity index (χ1) is 9.79. The smallest absolute Gasteiger partial charge is 0.257 e. The van der Waals surface area contributed by atoms with Gasteiger partial charge in [0.05, 0.1) is 12.7 Å². The van der Waals surface area contributed by atoms with E-state index in [-0.39, 0.29) is 5.91 Å². The Morgan fingerprint density at radius 2 is 1.90 bits per heavy atom. The number of nitrogens with zero attached hydrogens (tertiary/aromatic N) is 2. The minimum absolute atomic E-state index is 0.0776. The lowest BCUT2D eigenvalue weighted by atomic mass is 10.1. The third-order valence-electron chi connectivity index (χ3n) is 4.22. The van der Waals surface area contributed by atoms with Crippen LogP contribution in [0.5, 0.6) is 5.75 Å². The topological polar surface area (TPSA) is 44.8 Å². The summed E-state index contributed by atoms with van der Waals surface area (Å²) in [5.41, 5.74) is 0.661. The number of amides is 1. The van der Waals surface area contributed by atoms with Crippen molar-refractivity contribution in [3.8, 4) is 5.75 Å². The van der Waals surface area contributed by atoms with Gasteiger partial charge in [-0.1, -0.05) is 12.1 Å². The van der Waals surface area contributed by atoms with E-state index in [2.05, 4.69) is 10.2 Å². The molecule has 0 saturated carbocycles. The number of piperazine rings is 1. The molecule has 20 heavy (non-hydrogen) atoms. The maximum atomic E-state index is 12.6. The lowest BCUT2D eigenvalue weighted by Crippen LogP contribution is -2.62. The van der Waals surface area contributed by atoms with Crippen molar-refractivity contribution in [2.75, 3.05) is 46.4 Å². The van der Waals surface area contributed by atoms with Crippen LogP contribution in [-0.4, -0.2) is 68.1 Å². The molecule has 0 atom stereocenters. The molecule has 2 heterocycles. The van der Waals surface area contributed by atoms with Crippen molar-refractivity contribution in [2.45, 2.75) is 6.04 Å². The first-order valence-corrected chi connectivity index (χ1v) is 7.16. The van der Waals surface area contributed by atoms with Gasteiger partial charge >= 0.3 is 0 Å². The lowest BCUT2D eigenvalue weighted by molar-refractivity contribution is 0.0499. The van der Waals surface area contributed by atoms with E-state index in [1.54, 1.807) is 7.11 Å². The summed E-state index contributed by atoms with van der Waals surface area (Å²) >= 11 is 0. The Hall–Kier alpha value is -1.59. The summed E-state index contributed by atoms with van der Waals surface area (Å²) in [7, 11) is 1.60. The molecule has 2 aliphatic heterocycles. The fourth-order valence-electron chi connectivity index (χ4n) is 2.81. The van der Waals surface area contributed by atoms with Crippen LogP contribution in [0.4, 0.5) is 0 Å². The predicted octanol–water partition coefficient (Wildman–Crippen LogP) is 0.425. The molecule has 3 rings (SSSR count). The molecule has 0 bridgehead atoms. The van der Waals surface area contributed by atoms with Gasteiger partial charge in [0.15, 0.2) is 0 Å². The van der Waals surface area contributed by atoms with E-state index >= 15 is 0 Å². The van der Waals surface area contributed by atoms with Crippen LogP contribution in [0.3, 0.4) is 0 Å². The number of para-hydroxylation sites is 1. The zero-order chi connectivity index (χ0) is 13.9. The Morgan fingerprint density at radius 3 is 2.50 bits per heavy atom. The van der Waals surface area contributed by atoms with Gasteiger partial charge in [-0.2, -0.15) is 0 Å². The lowest BCUT2D eigenvalue weighted by Gasteiger charge is -2.43. The highest BCUT2D eigenvalue weighted by Gasteiger charge is 2.30. The molecule has 2 saturated heterocycles. The van der Waals surface area contributed by atoms with E-state index in [9.17, 15) is 4.79 Å². The van der Waals surface area contributed by atoms with Gasteiger partial charge < -0.3 is 15.0 Å². The molecule has 1 N–H and O–H groups in total. The van der Waals surface area contributed by atoms with E-state index < -0.39 is 0 Å². The van der Waals surface area contributed by atoms with E-state index in [1.807, 2.05) is 29.2 Å². The highest BCUT2D eigenvalue weighted by atomic mass is 16.5. The summed E-state index contributed by atoms with van der Waals surface area (Å²) < 4.78 is 5.28. The third-order valence-corrected chi connectivity index (χ3v) is 4.22. The van der Waals surface area contributed by atoms with Crippen LogP contribution in [0.1, 0.15) is 10.4 Å². The molecule has 0 aliphatic carbocycles. The fraction of sp³-hybridized carbons (Fsp3) is 0.533. The summed E-state index contributed by atoms with van der Waals surface area (Å²) in [5, 5.41) is 3.29. The monoisotopic (exact) mass is 275 g/mol. The third kappa shape index (κ3) is 2.51. The molecule has 1 amide bonds. The zero-order valence-electron chi connectivity index (χ0n) is 11.8. The second-order valence-electron chi connectivity index (χ2n) is 5.34. The van der Waals surface area contributed by atoms with E-state index in [0.29, 0.717) is 17.4 Å². The number of rotatable bonds is 3. The van der Waals surface area contributed by atoms with E-state index in [1.165, 1.54) is 0 Å². The summed E-state index contributed by atoms with van der Waals surface area (Å²) in [6.07, 6.45) is 0. The van der Waals surface area contributed by atoms with Gasteiger partial charge in [0, 0.05) is 45.3 Å². The molecule has 5 nitrogen and oxygen atoms in total. The number of nitrogens with one attached hydrogen (secondary N) is 1. The SMILES string of the molecule is COc1ccccc1C(=O)N1CCN(C2CNC2)CC1. The van der Waals surface area contributed by atoms with Crippen LogP contribution in [0, 0.1) is 0 Å². The van der Waals surface area contributed by atoms with Gasteiger partial charge in [0.2, 0.25) is 0 Å². The highest BCUT2D eigenvalue weighted by Crippen LogP contribution is 2.20. The maximum absolute atomic E-state index is 12.6. The van der Waals surface area contributed by atoms with Crippen LogP contribution in [0.2, 0.25) is 0 Å². The predicted molar refractivity (Wildman–Crippen MR) is 77.1 cm³/mol. The first-order valence-electron chi connectivity index (χ1n) is 7.16. The average molecular weight is 275 g/mol. The van der Waals surface area contributed by atoms with Crippen molar-refractivity contribution in [3.05, 3.63) is 29.8 Å². The average Bonchev–Trinajstić information content (AvgIpc) is 2.45. The summed E-state index contributed by atoms with van der Waals surface area (Å²) in [4.78, 5) is 17.0. The minimum Gasteiger partial charge on any atom is -0.496 e. The quantitative estimate of drug-likeness (QED) is 0.868. The molecule has 0 spiro atoms. The number of hydrogen-bond donors (Lipinski definition) is 1. The van der Waals surface area contributed by atoms with Crippen molar-refractivity contribution in [1.29, 1.82) is 0 Å². The number of benzene rings is 1. The Bertz CT molecular complexity index is 480. The summed E-state index contributed by atoms with van der Waals surface area (Å²) in [6.45, 7) is 5.70. The molecular formula is C15H21N3O2. The van der Waals surface area contributed by atoms with Crippen LogP contribution in [0.15, 0.2) is 24.3 Å². The number of ether oxygens (including phenoxy) is 1. The number of hydrogen-bond acceptors (Lipinski definition) is 4. The Kier molecular flexibility index (Phi) is 3.89. The van der Waals surface area contributed by atoms with E-state index in [4.69, 9.17) is 4.74 Å². The van der Waals surface area contributed by atoms with Crippen LogP contribution < -0.4 is 10.1 Å². The van der Waals surface area contributed by atoms with Gasteiger partial charge in [0.25, 0.3) is 5.91 Å². The van der Waals surface area contributed by atoms with Gasteiger partial charge in [-0.25, -0.2) is 0 Å². The molecule has 2 aliphatic rings. The second-order valence-corrected chi connectivity index (χ2v) is 5.34. The highest BCUT2D eigenvalue weighted by molar-refractivity contribution is 5.97. The number of carbonyl (C=O) groups excluding carboxylic acids is 1. The fourth-order valence-corrected chi connectivity index (χ4v) is 2.81. The minimum atomic E-state index is 0.0776. The van der Waals surface area contributed by atoms with Crippen LogP contribution in [0.25, 0.3) is 0 Å². The van der Waals surface area contributed by atoms with Crippen LogP contribution >= 0.6 is 0 Å². The molecule has 1 aromatic carbocycles. The second kappa shape index (κ2) is 5.81. The summed E-state index contributed by atoms with van der Waals surface area (Å²) in [5.74, 6) is 0.733. The zero-order valence-corrected chi connectivity index (χ0v) is 11.8. The Morgan fingerprint density at radius 1 is 1.20 bits per heavy atom. The van der Waals surface area contributed by atoms with Crippen LogP contribution in [-0.2, 0) is 0 Å². The van der Waals surface area contributed by atoms with Crippen molar-refractivity contribution in [2.24, 2.45) is 0 Å². The van der Waals surface area contributed by atoms with Gasteiger partial charge in [0.1, 0.15) is 5.75 Å². The Labute approximate surface area is 119 Å². The molecule has 5 heteroatoms. The Balaban J connectivity index is 1.63. The molecule has 108 valence electrons. The number of methoxy groups -OCH3 is 1. The van der Waals surface area contributed by atoms with Gasteiger partial charge in [-0.15, -0.1) is 0 Å². The van der Waals surface area contributed by atoms with E-state index in [0.717, 1.165) is 39.3 Å². The molecule has 2 fully saturated rings. The molecule has 0 radical (unpaired) electrons. The van der Waals surface area contributed by atoms with Gasteiger partial charge in [-0.05, 0) is 12.1 Å². The van der Waals surface area contributed by atoms with Crippen molar-refractivity contribution in [3.63, 3.8) is 0 Å². The van der Waals surface area contributed by atoms with Crippen molar-refractivity contribution >= 4 is 5.91 Å². The van der Waals surface area contributed by atoms with Crippen molar-refractivity contribution in [1.82, 2.24) is 15.1 Å².